The predicted octanol–water partition coefficient (Wildman–Crippen LogP) is 3.90. The van der Waals surface area contributed by atoms with E-state index in [1.54, 1.807) is 66.7 Å². The standard InChI is InChI=1S/C24H22ClN3O5/c1-31-22-9-5-3-7-20(22)27-23(29)15-32-18-12-10-17(11-13-18)14-26-28-24(30)16-33-21-8-4-2-6-19(21)25/h2-14H,15-16H2,1H3,(H,27,29)(H,28,30)/b26-14+. The molecule has 0 aromatic heterocycles. The highest BCUT2D eigenvalue weighted by atomic mass is 35.5. The summed E-state index contributed by atoms with van der Waals surface area (Å²) in [6, 6.07) is 20.9. The van der Waals surface area contributed by atoms with Gasteiger partial charge in [0.25, 0.3) is 11.8 Å². The molecule has 0 heterocycles. The van der Waals surface area contributed by atoms with Gasteiger partial charge in [0, 0.05) is 0 Å². The molecule has 170 valence electrons. The van der Waals surface area contributed by atoms with Crippen molar-refractivity contribution in [2.75, 3.05) is 25.6 Å². The first-order valence-corrected chi connectivity index (χ1v) is 10.3. The summed E-state index contributed by atoms with van der Waals surface area (Å²) < 4.78 is 16.0. The Kier molecular flexibility index (Phi) is 8.67. The largest absolute Gasteiger partial charge is 0.495 e. The van der Waals surface area contributed by atoms with Gasteiger partial charge < -0.3 is 19.5 Å². The van der Waals surface area contributed by atoms with Crippen LogP contribution in [0.4, 0.5) is 5.69 Å². The molecule has 0 saturated carbocycles. The van der Waals surface area contributed by atoms with Gasteiger partial charge in [0.15, 0.2) is 13.2 Å². The number of halogens is 1. The van der Waals surface area contributed by atoms with Gasteiger partial charge in [0.05, 0.1) is 24.0 Å². The third kappa shape index (κ3) is 7.55. The van der Waals surface area contributed by atoms with Crippen LogP contribution in [0.25, 0.3) is 0 Å². The molecule has 0 aliphatic rings. The van der Waals surface area contributed by atoms with Crippen molar-refractivity contribution in [1.82, 2.24) is 5.43 Å². The zero-order valence-corrected chi connectivity index (χ0v) is 18.5. The van der Waals surface area contributed by atoms with Crippen LogP contribution in [0.2, 0.25) is 5.02 Å². The number of ether oxygens (including phenoxy) is 3. The lowest BCUT2D eigenvalue weighted by molar-refractivity contribution is -0.123. The predicted molar refractivity (Wildman–Crippen MR) is 126 cm³/mol. The van der Waals surface area contributed by atoms with Crippen molar-refractivity contribution in [2.24, 2.45) is 5.10 Å². The fourth-order valence-electron chi connectivity index (χ4n) is 2.65. The maximum atomic E-state index is 12.1. The SMILES string of the molecule is COc1ccccc1NC(=O)COc1ccc(/C=N/NC(=O)COc2ccccc2Cl)cc1. The summed E-state index contributed by atoms with van der Waals surface area (Å²) in [7, 11) is 1.53. The molecule has 0 radical (unpaired) electrons. The molecule has 0 atom stereocenters. The molecular formula is C24H22ClN3O5. The van der Waals surface area contributed by atoms with Crippen LogP contribution in [0.3, 0.4) is 0 Å². The van der Waals surface area contributed by atoms with Crippen molar-refractivity contribution >= 4 is 35.3 Å². The molecule has 3 aromatic rings. The van der Waals surface area contributed by atoms with E-state index in [1.807, 2.05) is 6.07 Å². The molecular weight excluding hydrogens is 446 g/mol. The number of carbonyl (C=O) groups is 2. The molecule has 0 aliphatic carbocycles. The van der Waals surface area contributed by atoms with E-state index in [0.717, 1.165) is 5.56 Å². The summed E-state index contributed by atoms with van der Waals surface area (Å²) in [6.07, 6.45) is 1.48. The summed E-state index contributed by atoms with van der Waals surface area (Å²) in [4.78, 5) is 24.0. The van der Waals surface area contributed by atoms with Crippen molar-refractivity contribution in [3.63, 3.8) is 0 Å². The molecule has 0 unspecified atom stereocenters. The van der Waals surface area contributed by atoms with E-state index in [9.17, 15) is 9.59 Å². The van der Waals surface area contributed by atoms with Crippen molar-refractivity contribution in [2.45, 2.75) is 0 Å². The first kappa shape index (κ1) is 23.6. The van der Waals surface area contributed by atoms with E-state index < -0.39 is 5.91 Å². The summed E-state index contributed by atoms with van der Waals surface area (Å²) in [5.41, 5.74) is 3.67. The van der Waals surface area contributed by atoms with E-state index in [1.165, 1.54) is 13.3 Å². The second-order valence-corrected chi connectivity index (χ2v) is 7.03. The summed E-state index contributed by atoms with van der Waals surface area (Å²) in [5, 5.41) is 7.05. The third-order valence-corrected chi connectivity index (χ3v) is 4.54. The van der Waals surface area contributed by atoms with Gasteiger partial charge in [-0.3, -0.25) is 9.59 Å². The first-order chi connectivity index (χ1) is 16.0. The van der Waals surface area contributed by atoms with Gasteiger partial charge in [-0.2, -0.15) is 5.10 Å². The number of benzene rings is 3. The highest BCUT2D eigenvalue weighted by molar-refractivity contribution is 6.32. The van der Waals surface area contributed by atoms with Crippen molar-refractivity contribution in [3.8, 4) is 17.2 Å². The normalized spacial score (nSPS) is 10.5. The van der Waals surface area contributed by atoms with Crippen LogP contribution in [0.15, 0.2) is 77.9 Å². The fraction of sp³-hybridized carbons (Fsp3) is 0.125. The number of carbonyl (C=O) groups excluding carboxylic acids is 2. The lowest BCUT2D eigenvalue weighted by atomic mass is 10.2. The number of para-hydroxylation sites is 3. The maximum absolute atomic E-state index is 12.1. The number of hydrogen-bond acceptors (Lipinski definition) is 6. The number of methoxy groups -OCH3 is 1. The Morgan fingerprint density at radius 2 is 1.55 bits per heavy atom. The van der Waals surface area contributed by atoms with E-state index in [4.69, 9.17) is 25.8 Å². The van der Waals surface area contributed by atoms with Gasteiger partial charge in [0.2, 0.25) is 0 Å². The topological polar surface area (TPSA) is 98.3 Å². The Labute approximate surface area is 196 Å². The number of nitrogens with one attached hydrogen (secondary N) is 2. The summed E-state index contributed by atoms with van der Waals surface area (Å²) in [5.74, 6) is 0.765. The van der Waals surface area contributed by atoms with Crippen LogP contribution in [-0.4, -0.2) is 38.4 Å². The molecule has 3 rings (SSSR count). The molecule has 0 fully saturated rings. The lowest BCUT2D eigenvalue weighted by Crippen LogP contribution is -2.24. The zero-order valence-electron chi connectivity index (χ0n) is 17.8. The second kappa shape index (κ2) is 12.1. The van der Waals surface area contributed by atoms with Crippen LogP contribution in [0.1, 0.15) is 5.56 Å². The zero-order chi connectivity index (χ0) is 23.5. The van der Waals surface area contributed by atoms with E-state index in [0.29, 0.717) is 28.0 Å². The summed E-state index contributed by atoms with van der Waals surface area (Å²) in [6.45, 7) is -0.377. The Bertz CT molecular complexity index is 1120. The Morgan fingerprint density at radius 1 is 0.879 bits per heavy atom. The van der Waals surface area contributed by atoms with Crippen molar-refractivity contribution in [1.29, 1.82) is 0 Å². The molecule has 8 nitrogen and oxygen atoms in total. The van der Waals surface area contributed by atoms with Gasteiger partial charge in [-0.25, -0.2) is 5.43 Å². The van der Waals surface area contributed by atoms with Crippen LogP contribution in [0.5, 0.6) is 17.2 Å². The molecule has 2 N–H and O–H groups in total. The molecule has 2 amide bonds. The molecule has 3 aromatic carbocycles. The van der Waals surface area contributed by atoms with Gasteiger partial charge >= 0.3 is 0 Å². The monoisotopic (exact) mass is 467 g/mol. The average Bonchev–Trinajstić information content (AvgIpc) is 2.83. The number of nitrogens with zero attached hydrogens (tertiary/aromatic N) is 1. The first-order valence-electron chi connectivity index (χ1n) is 9.90. The minimum absolute atomic E-state index is 0.160. The van der Waals surface area contributed by atoms with Gasteiger partial charge in [-0.15, -0.1) is 0 Å². The van der Waals surface area contributed by atoms with Gasteiger partial charge in [-0.1, -0.05) is 35.9 Å². The number of anilines is 1. The minimum atomic E-state index is -0.424. The van der Waals surface area contributed by atoms with E-state index in [-0.39, 0.29) is 19.1 Å². The van der Waals surface area contributed by atoms with Crippen molar-refractivity contribution in [3.05, 3.63) is 83.4 Å². The molecule has 9 heteroatoms. The maximum Gasteiger partial charge on any atom is 0.277 e. The fourth-order valence-corrected chi connectivity index (χ4v) is 2.84. The highest BCUT2D eigenvalue weighted by Gasteiger charge is 2.08. The Hall–Kier alpha value is -4.04. The third-order valence-electron chi connectivity index (χ3n) is 4.23. The molecule has 0 spiro atoms. The second-order valence-electron chi connectivity index (χ2n) is 6.62. The molecule has 0 bridgehead atoms. The summed E-state index contributed by atoms with van der Waals surface area (Å²) >= 11 is 5.97. The number of hydrazone groups is 1. The quantitative estimate of drug-likeness (QED) is 0.348. The van der Waals surface area contributed by atoms with E-state index in [2.05, 4.69) is 15.8 Å². The van der Waals surface area contributed by atoms with Gasteiger partial charge in [-0.05, 0) is 54.1 Å². The number of amides is 2. The highest BCUT2D eigenvalue weighted by Crippen LogP contribution is 2.23. The number of rotatable bonds is 10. The Balaban J connectivity index is 1.41. The minimum Gasteiger partial charge on any atom is -0.495 e. The van der Waals surface area contributed by atoms with Crippen LogP contribution >= 0.6 is 11.6 Å². The Morgan fingerprint density at radius 3 is 2.27 bits per heavy atom. The molecule has 0 aliphatic heterocycles. The van der Waals surface area contributed by atoms with Crippen LogP contribution < -0.4 is 25.0 Å². The van der Waals surface area contributed by atoms with Crippen molar-refractivity contribution < 1.29 is 23.8 Å². The average molecular weight is 468 g/mol. The van der Waals surface area contributed by atoms with Gasteiger partial charge in [0.1, 0.15) is 17.2 Å². The van der Waals surface area contributed by atoms with E-state index >= 15 is 0 Å². The van der Waals surface area contributed by atoms with Crippen LogP contribution in [-0.2, 0) is 9.59 Å². The molecule has 33 heavy (non-hydrogen) atoms. The smallest absolute Gasteiger partial charge is 0.277 e. The van der Waals surface area contributed by atoms with Crippen LogP contribution in [0, 0.1) is 0 Å². The number of hydrogen-bond donors (Lipinski definition) is 2. The molecule has 0 saturated heterocycles. The lowest BCUT2D eigenvalue weighted by Gasteiger charge is -2.10.